The molecule has 0 unspecified atom stereocenters. The number of nitrogens with one attached hydrogen (secondary N) is 2. The highest BCUT2D eigenvalue weighted by Crippen LogP contribution is 2.19. The van der Waals surface area contributed by atoms with Gasteiger partial charge in [0.25, 0.3) is 0 Å². The number of carbonyl (C=O) groups excluding carboxylic acids is 2. The molecule has 1 fully saturated rings. The minimum atomic E-state index is -0.552. The first-order chi connectivity index (χ1) is 13.6. The number of hydrogen-bond donors (Lipinski definition) is 2. The normalized spacial score (nSPS) is 18.2. The van der Waals surface area contributed by atoms with Crippen LogP contribution in [0.4, 0.5) is 10.7 Å². The maximum Gasteiger partial charge on any atom is 0.318 e. The molecule has 0 saturated carbocycles. The van der Waals surface area contributed by atoms with Crippen molar-refractivity contribution in [3.8, 4) is 0 Å². The number of piperazine rings is 1. The third-order valence-electron chi connectivity index (χ3n) is 5.27. The third-order valence-corrected chi connectivity index (χ3v) is 5.27. The molecule has 1 atom stereocenters. The zero-order valence-electron chi connectivity index (χ0n) is 16.6. The fourth-order valence-electron chi connectivity index (χ4n) is 3.54. The van der Waals surface area contributed by atoms with E-state index < -0.39 is 6.04 Å². The molecule has 1 saturated heterocycles. The summed E-state index contributed by atoms with van der Waals surface area (Å²) in [5.74, 6) is 0.546. The van der Waals surface area contributed by atoms with Gasteiger partial charge in [-0.05, 0) is 45.1 Å². The molecule has 8 heteroatoms. The summed E-state index contributed by atoms with van der Waals surface area (Å²) in [5.41, 5.74) is 1.43. The molecule has 1 aromatic heterocycles. The van der Waals surface area contributed by atoms with Crippen LogP contribution >= 0.6 is 0 Å². The summed E-state index contributed by atoms with van der Waals surface area (Å²) < 4.78 is 0. The molecule has 0 radical (unpaired) electrons. The summed E-state index contributed by atoms with van der Waals surface area (Å²) in [6, 6.07) is 1.03. The highest BCUT2D eigenvalue weighted by Gasteiger charge is 2.24. The van der Waals surface area contributed by atoms with E-state index in [0.29, 0.717) is 38.7 Å². The van der Waals surface area contributed by atoms with Crippen molar-refractivity contribution in [1.29, 1.82) is 0 Å². The van der Waals surface area contributed by atoms with Crippen LogP contribution in [0.1, 0.15) is 39.0 Å². The first-order valence-corrected chi connectivity index (χ1v) is 10.2. The number of urea groups is 1. The van der Waals surface area contributed by atoms with Crippen molar-refractivity contribution in [1.82, 2.24) is 25.5 Å². The Morgan fingerprint density at radius 1 is 1.14 bits per heavy atom. The zero-order valence-corrected chi connectivity index (χ0v) is 16.6. The predicted octanol–water partition coefficient (Wildman–Crippen LogP) is 1.70. The lowest BCUT2D eigenvalue weighted by Gasteiger charge is -2.35. The van der Waals surface area contributed by atoms with Gasteiger partial charge in [-0.1, -0.05) is 11.6 Å². The quantitative estimate of drug-likeness (QED) is 0.727. The number of nitrogens with zero attached hydrogens (tertiary/aromatic N) is 4. The molecule has 0 spiro atoms. The summed E-state index contributed by atoms with van der Waals surface area (Å²) in [5, 5.41) is 5.73. The molecule has 3 amide bonds. The average Bonchev–Trinajstić information content (AvgIpc) is 2.75. The second-order valence-corrected chi connectivity index (χ2v) is 7.34. The fraction of sp³-hybridized carbons (Fsp3) is 0.600. The zero-order chi connectivity index (χ0) is 19.8. The van der Waals surface area contributed by atoms with Gasteiger partial charge in [-0.15, -0.1) is 0 Å². The SMILES string of the molecule is C[C@@H](NC(=O)N1CCN(c2ncccn2)CC1)C(=O)NCCC1=CCCCC1. The van der Waals surface area contributed by atoms with Gasteiger partial charge >= 0.3 is 6.03 Å². The molecule has 28 heavy (non-hydrogen) atoms. The minimum Gasteiger partial charge on any atom is -0.354 e. The molecule has 8 nitrogen and oxygen atoms in total. The standard InChI is InChI=1S/C20H30N6O2/c1-16(18(27)21-11-8-17-6-3-2-4-7-17)24-20(28)26-14-12-25(13-15-26)19-22-9-5-10-23-19/h5-6,9-10,16H,2-4,7-8,11-15H2,1H3,(H,21,27)(H,24,28)/t16-/m1/s1. The van der Waals surface area contributed by atoms with Crippen LogP contribution in [0.5, 0.6) is 0 Å². The Balaban J connectivity index is 1.36. The van der Waals surface area contributed by atoms with Gasteiger partial charge < -0.3 is 20.4 Å². The van der Waals surface area contributed by atoms with E-state index in [-0.39, 0.29) is 11.9 Å². The molecule has 2 N–H and O–H groups in total. The van der Waals surface area contributed by atoms with Crippen LogP contribution in [0.25, 0.3) is 0 Å². The van der Waals surface area contributed by atoms with Crippen LogP contribution in [0, 0.1) is 0 Å². The molecule has 1 aromatic rings. The monoisotopic (exact) mass is 386 g/mol. The smallest absolute Gasteiger partial charge is 0.318 e. The Bertz CT molecular complexity index is 685. The van der Waals surface area contributed by atoms with E-state index in [1.807, 2.05) is 0 Å². The summed E-state index contributed by atoms with van der Waals surface area (Å²) in [6.07, 6.45) is 11.4. The van der Waals surface area contributed by atoms with Gasteiger partial charge in [-0.25, -0.2) is 14.8 Å². The first kappa shape index (κ1) is 20.1. The van der Waals surface area contributed by atoms with Crippen LogP contribution in [0.2, 0.25) is 0 Å². The van der Waals surface area contributed by atoms with E-state index in [2.05, 4.69) is 31.6 Å². The minimum absolute atomic E-state index is 0.138. The number of amides is 3. The van der Waals surface area contributed by atoms with Gasteiger partial charge in [0.1, 0.15) is 6.04 Å². The van der Waals surface area contributed by atoms with Crippen molar-refractivity contribution in [2.75, 3.05) is 37.6 Å². The topological polar surface area (TPSA) is 90.5 Å². The van der Waals surface area contributed by atoms with E-state index in [4.69, 9.17) is 0 Å². The Hall–Kier alpha value is -2.64. The first-order valence-electron chi connectivity index (χ1n) is 10.2. The lowest BCUT2D eigenvalue weighted by atomic mass is 9.97. The second-order valence-electron chi connectivity index (χ2n) is 7.34. The van der Waals surface area contributed by atoms with E-state index in [0.717, 1.165) is 19.3 Å². The fourth-order valence-corrected chi connectivity index (χ4v) is 3.54. The summed E-state index contributed by atoms with van der Waals surface area (Å²) >= 11 is 0. The Kier molecular flexibility index (Phi) is 7.22. The second kappa shape index (κ2) is 10.1. The van der Waals surface area contributed by atoms with Gasteiger partial charge in [0, 0.05) is 45.1 Å². The van der Waals surface area contributed by atoms with Gasteiger partial charge in [0.2, 0.25) is 11.9 Å². The molecular formula is C20H30N6O2. The molecule has 1 aliphatic heterocycles. The third kappa shape index (κ3) is 5.68. The van der Waals surface area contributed by atoms with Crippen molar-refractivity contribution in [3.05, 3.63) is 30.1 Å². The Morgan fingerprint density at radius 3 is 2.57 bits per heavy atom. The van der Waals surface area contributed by atoms with E-state index in [1.54, 1.807) is 30.3 Å². The molecule has 0 aromatic carbocycles. The van der Waals surface area contributed by atoms with Crippen molar-refractivity contribution >= 4 is 17.9 Å². The number of carbonyl (C=O) groups is 2. The van der Waals surface area contributed by atoms with Gasteiger partial charge in [-0.2, -0.15) is 0 Å². The highest BCUT2D eigenvalue weighted by atomic mass is 16.2. The van der Waals surface area contributed by atoms with Crippen LogP contribution in [0.15, 0.2) is 30.1 Å². The van der Waals surface area contributed by atoms with Crippen molar-refractivity contribution < 1.29 is 9.59 Å². The number of anilines is 1. The molecule has 3 rings (SSSR count). The number of allylic oxidation sites excluding steroid dienone is 1. The van der Waals surface area contributed by atoms with Crippen LogP contribution in [-0.2, 0) is 4.79 Å². The van der Waals surface area contributed by atoms with Crippen LogP contribution in [-0.4, -0.2) is 65.6 Å². The Labute approximate surface area is 166 Å². The maximum atomic E-state index is 12.5. The molecular weight excluding hydrogens is 356 g/mol. The number of hydrogen-bond acceptors (Lipinski definition) is 5. The van der Waals surface area contributed by atoms with Crippen molar-refractivity contribution in [2.45, 2.75) is 45.1 Å². The van der Waals surface area contributed by atoms with E-state index in [1.165, 1.54) is 18.4 Å². The molecule has 0 bridgehead atoms. The van der Waals surface area contributed by atoms with Gasteiger partial charge in [0.05, 0.1) is 0 Å². The van der Waals surface area contributed by atoms with Gasteiger partial charge in [-0.3, -0.25) is 4.79 Å². The largest absolute Gasteiger partial charge is 0.354 e. The molecule has 1 aliphatic carbocycles. The summed E-state index contributed by atoms with van der Waals surface area (Å²) in [7, 11) is 0. The number of rotatable bonds is 6. The predicted molar refractivity (Wildman–Crippen MR) is 108 cm³/mol. The van der Waals surface area contributed by atoms with Crippen molar-refractivity contribution in [3.63, 3.8) is 0 Å². The van der Waals surface area contributed by atoms with Crippen LogP contribution < -0.4 is 15.5 Å². The Morgan fingerprint density at radius 2 is 1.89 bits per heavy atom. The summed E-state index contributed by atoms with van der Waals surface area (Å²) in [4.78, 5) is 37.0. The molecule has 2 aliphatic rings. The lowest BCUT2D eigenvalue weighted by molar-refractivity contribution is -0.122. The molecule has 152 valence electrons. The highest BCUT2D eigenvalue weighted by molar-refractivity contribution is 5.86. The van der Waals surface area contributed by atoms with Crippen LogP contribution in [0.3, 0.4) is 0 Å². The lowest BCUT2D eigenvalue weighted by Crippen LogP contribution is -2.55. The van der Waals surface area contributed by atoms with E-state index >= 15 is 0 Å². The molecule has 2 heterocycles. The van der Waals surface area contributed by atoms with E-state index in [9.17, 15) is 9.59 Å². The average molecular weight is 387 g/mol. The maximum absolute atomic E-state index is 12.5. The number of aromatic nitrogens is 2. The van der Waals surface area contributed by atoms with Gasteiger partial charge in [0.15, 0.2) is 0 Å². The van der Waals surface area contributed by atoms with Crippen molar-refractivity contribution in [2.24, 2.45) is 0 Å². The summed E-state index contributed by atoms with van der Waals surface area (Å²) in [6.45, 7) is 4.85.